The van der Waals surface area contributed by atoms with Crippen molar-refractivity contribution in [1.29, 1.82) is 0 Å². The van der Waals surface area contributed by atoms with Crippen molar-refractivity contribution in [3.05, 3.63) is 29.8 Å². The van der Waals surface area contributed by atoms with Gasteiger partial charge in [-0.05, 0) is 30.4 Å². The molecule has 1 aromatic carbocycles. The van der Waals surface area contributed by atoms with Gasteiger partial charge in [-0.25, -0.2) is 0 Å². The summed E-state index contributed by atoms with van der Waals surface area (Å²) in [7, 11) is 0. The molecule has 1 aliphatic heterocycles. The van der Waals surface area contributed by atoms with Gasteiger partial charge in [0.15, 0.2) is 0 Å². The summed E-state index contributed by atoms with van der Waals surface area (Å²) in [5, 5.41) is 0. The summed E-state index contributed by atoms with van der Waals surface area (Å²) in [6, 6.07) is 7.38. The van der Waals surface area contributed by atoms with E-state index < -0.39 is 13.4 Å². The van der Waals surface area contributed by atoms with E-state index in [1.54, 1.807) is 12.1 Å². The Labute approximate surface area is 142 Å². The van der Waals surface area contributed by atoms with Gasteiger partial charge in [-0.2, -0.15) is 0 Å². The smallest absolute Gasteiger partial charge is 0.448 e. The van der Waals surface area contributed by atoms with E-state index in [1.807, 2.05) is 19.1 Å². The quantitative estimate of drug-likeness (QED) is 0.686. The summed E-state index contributed by atoms with van der Waals surface area (Å²) in [5.41, 5.74) is 1.78. The van der Waals surface area contributed by atoms with E-state index in [4.69, 9.17) is 0 Å². The monoisotopic (exact) mass is 267 g/mol. The maximum Gasteiger partial charge on any atom is 1.00 e. The van der Waals surface area contributed by atoms with E-state index >= 15 is 0 Å². The molecule has 0 spiro atoms. The number of halogens is 3. The standard InChI is InChI=1S/C11H14BF3N.K/c1-9-6-10-4-2-3-5-11(10)16(7-9)8-12(13,14)15;/h2-5,9H,6-8H2,1H3;/q-1;+1. The summed E-state index contributed by atoms with van der Waals surface area (Å²) in [6.45, 7) is -2.27. The van der Waals surface area contributed by atoms with Gasteiger partial charge >= 0.3 is 58.4 Å². The van der Waals surface area contributed by atoms with E-state index in [2.05, 4.69) is 0 Å². The third kappa shape index (κ3) is 4.28. The SMILES string of the molecule is CC1Cc2ccccc2N(C[B-](F)(F)F)C1.[K+]. The predicted octanol–water partition coefficient (Wildman–Crippen LogP) is 0.0758. The molecule has 0 saturated carbocycles. The van der Waals surface area contributed by atoms with Gasteiger partial charge in [-0.1, -0.05) is 25.1 Å². The van der Waals surface area contributed by atoms with E-state index in [0.29, 0.717) is 6.54 Å². The van der Waals surface area contributed by atoms with Crippen LogP contribution in [0.5, 0.6) is 0 Å². The van der Waals surface area contributed by atoms with Crippen LogP contribution in [-0.2, 0) is 6.42 Å². The molecule has 2 rings (SSSR count). The molecule has 17 heavy (non-hydrogen) atoms. The van der Waals surface area contributed by atoms with Gasteiger partial charge in [0.05, 0.1) is 0 Å². The van der Waals surface area contributed by atoms with Gasteiger partial charge in [0.2, 0.25) is 0 Å². The molecule has 6 heteroatoms. The van der Waals surface area contributed by atoms with Crippen molar-refractivity contribution in [2.75, 3.05) is 17.9 Å². The van der Waals surface area contributed by atoms with Gasteiger partial charge in [0, 0.05) is 12.2 Å². The average Bonchev–Trinajstić information content (AvgIpc) is 2.14. The summed E-state index contributed by atoms with van der Waals surface area (Å²) < 4.78 is 37.4. The molecule has 0 radical (unpaired) electrons. The molecule has 1 aromatic rings. The minimum atomic E-state index is -4.76. The van der Waals surface area contributed by atoms with E-state index in [9.17, 15) is 12.9 Å². The number of rotatable bonds is 2. The Bertz CT molecular complexity index is 383. The second-order valence-electron chi connectivity index (χ2n) is 4.55. The first-order chi connectivity index (χ1) is 7.46. The van der Waals surface area contributed by atoms with Gasteiger partial charge in [-0.3, -0.25) is 0 Å². The zero-order valence-corrected chi connectivity index (χ0v) is 13.3. The van der Waals surface area contributed by atoms with Crippen LogP contribution in [0.2, 0.25) is 0 Å². The van der Waals surface area contributed by atoms with Gasteiger partial charge in [-0.15, -0.1) is 0 Å². The number of anilines is 1. The molecule has 0 fully saturated rings. The first-order valence-corrected chi connectivity index (χ1v) is 5.49. The molecular formula is C11H14BF3KN. The average molecular weight is 267 g/mol. The summed E-state index contributed by atoms with van der Waals surface area (Å²) in [5.74, 6) is 0.285. The molecule has 1 aliphatic rings. The number of para-hydroxylation sites is 1. The Hall–Kier alpha value is 0.511. The van der Waals surface area contributed by atoms with Crippen molar-refractivity contribution in [1.82, 2.24) is 0 Å². The van der Waals surface area contributed by atoms with Crippen LogP contribution >= 0.6 is 0 Å². The fraction of sp³-hybridized carbons (Fsp3) is 0.455. The Morgan fingerprint density at radius 2 is 1.94 bits per heavy atom. The number of hydrogen-bond acceptors (Lipinski definition) is 1. The fourth-order valence-electron chi connectivity index (χ4n) is 2.33. The second kappa shape index (κ2) is 6.10. The molecule has 0 amide bonds. The number of hydrogen-bond donors (Lipinski definition) is 0. The molecule has 1 nitrogen and oxygen atoms in total. The zero-order chi connectivity index (χ0) is 11.8. The Morgan fingerprint density at radius 1 is 1.29 bits per heavy atom. The third-order valence-electron chi connectivity index (χ3n) is 2.86. The van der Waals surface area contributed by atoms with Crippen LogP contribution in [-0.4, -0.2) is 20.0 Å². The van der Waals surface area contributed by atoms with E-state index in [0.717, 1.165) is 17.7 Å². The molecule has 0 saturated heterocycles. The van der Waals surface area contributed by atoms with Crippen LogP contribution in [0.4, 0.5) is 18.6 Å². The van der Waals surface area contributed by atoms with E-state index in [1.165, 1.54) is 4.90 Å². The van der Waals surface area contributed by atoms with Crippen LogP contribution in [0.3, 0.4) is 0 Å². The first kappa shape index (κ1) is 15.6. The Morgan fingerprint density at radius 3 is 2.59 bits per heavy atom. The topological polar surface area (TPSA) is 3.24 Å². The van der Waals surface area contributed by atoms with Crippen molar-refractivity contribution < 1.29 is 64.3 Å². The van der Waals surface area contributed by atoms with E-state index in [-0.39, 0.29) is 57.3 Å². The Balaban J connectivity index is 0.00000144. The number of nitrogens with zero attached hydrogens (tertiary/aromatic N) is 1. The minimum Gasteiger partial charge on any atom is -0.448 e. The molecular weight excluding hydrogens is 253 g/mol. The normalized spacial score (nSPS) is 19.5. The number of benzene rings is 1. The van der Waals surface area contributed by atoms with Crippen LogP contribution in [0, 0.1) is 5.92 Å². The molecule has 0 N–H and O–H groups in total. The molecule has 1 heterocycles. The van der Waals surface area contributed by atoms with Gasteiger partial charge in [0.25, 0.3) is 0 Å². The third-order valence-corrected chi connectivity index (χ3v) is 2.86. The van der Waals surface area contributed by atoms with Crippen LogP contribution < -0.4 is 56.3 Å². The first-order valence-electron chi connectivity index (χ1n) is 5.49. The molecule has 0 aliphatic carbocycles. The second-order valence-corrected chi connectivity index (χ2v) is 4.55. The molecule has 1 atom stereocenters. The largest absolute Gasteiger partial charge is 1.00 e. The van der Waals surface area contributed by atoms with Crippen molar-refractivity contribution in [2.45, 2.75) is 13.3 Å². The zero-order valence-electron chi connectivity index (χ0n) is 10.2. The molecule has 0 bridgehead atoms. The molecule has 88 valence electrons. The Kier molecular flexibility index (Phi) is 5.59. The van der Waals surface area contributed by atoms with Crippen LogP contribution in [0.25, 0.3) is 0 Å². The van der Waals surface area contributed by atoms with Crippen molar-refractivity contribution in [3.8, 4) is 0 Å². The predicted molar refractivity (Wildman–Crippen MR) is 60.6 cm³/mol. The summed E-state index contributed by atoms with van der Waals surface area (Å²) in [6.07, 6.45) is 0.0822. The molecule has 0 aromatic heterocycles. The molecule has 1 unspecified atom stereocenters. The summed E-state index contributed by atoms with van der Waals surface area (Å²) in [4.78, 5) is 1.46. The summed E-state index contributed by atoms with van der Waals surface area (Å²) >= 11 is 0. The minimum absolute atomic E-state index is 0. The van der Waals surface area contributed by atoms with Gasteiger partial charge < -0.3 is 17.8 Å². The maximum atomic E-state index is 12.5. The van der Waals surface area contributed by atoms with Crippen molar-refractivity contribution in [3.63, 3.8) is 0 Å². The van der Waals surface area contributed by atoms with Crippen molar-refractivity contribution in [2.24, 2.45) is 5.92 Å². The fourth-order valence-corrected chi connectivity index (χ4v) is 2.33. The van der Waals surface area contributed by atoms with Crippen molar-refractivity contribution >= 4 is 12.7 Å². The van der Waals surface area contributed by atoms with Gasteiger partial charge in [0.1, 0.15) is 0 Å². The van der Waals surface area contributed by atoms with Crippen LogP contribution in [0.15, 0.2) is 24.3 Å². The van der Waals surface area contributed by atoms with Crippen LogP contribution in [0.1, 0.15) is 12.5 Å². The number of fused-ring (bicyclic) bond motifs is 1. The maximum absolute atomic E-state index is 12.5.